The maximum absolute atomic E-state index is 11.1. The maximum Gasteiger partial charge on any atom is 0.221 e. The molecule has 0 aliphatic heterocycles. The van der Waals surface area contributed by atoms with E-state index in [1.54, 1.807) is 19.2 Å². The molecule has 1 amide bonds. The molecule has 0 saturated carbocycles. The van der Waals surface area contributed by atoms with Crippen LogP contribution in [-0.2, 0) is 17.9 Å². The molecule has 8 heteroatoms. The highest BCUT2D eigenvalue weighted by Gasteiger charge is 2.13. The molecule has 0 radical (unpaired) electrons. The van der Waals surface area contributed by atoms with Crippen LogP contribution in [0.4, 0.5) is 11.4 Å². The smallest absolute Gasteiger partial charge is 0.221 e. The fourth-order valence-corrected chi connectivity index (χ4v) is 3.80. The van der Waals surface area contributed by atoms with Crippen LogP contribution in [0.25, 0.3) is 0 Å². The highest BCUT2D eigenvalue weighted by Crippen LogP contribution is 2.37. The van der Waals surface area contributed by atoms with Gasteiger partial charge in [-0.1, -0.05) is 29.3 Å². The number of benzene rings is 3. The summed E-state index contributed by atoms with van der Waals surface area (Å²) in [5.74, 6) is 1.13. The zero-order chi connectivity index (χ0) is 22.4. The van der Waals surface area contributed by atoms with Gasteiger partial charge < -0.3 is 20.1 Å². The number of carbonyl (C=O) groups excluding carboxylic acids is 1. The lowest BCUT2D eigenvalue weighted by atomic mass is 10.2. The molecule has 31 heavy (non-hydrogen) atoms. The van der Waals surface area contributed by atoms with E-state index in [0.29, 0.717) is 34.7 Å². The van der Waals surface area contributed by atoms with E-state index < -0.39 is 0 Å². The Hall–Kier alpha value is -2.41. The van der Waals surface area contributed by atoms with E-state index in [-0.39, 0.29) is 5.91 Å². The summed E-state index contributed by atoms with van der Waals surface area (Å²) in [6.07, 6.45) is 0. The number of rotatable bonds is 8. The van der Waals surface area contributed by atoms with Crippen LogP contribution < -0.4 is 20.1 Å². The van der Waals surface area contributed by atoms with Crippen LogP contribution in [0.1, 0.15) is 18.1 Å². The lowest BCUT2D eigenvalue weighted by molar-refractivity contribution is -0.114. The Bertz CT molecular complexity index is 1080. The second kappa shape index (κ2) is 10.8. The second-order valence-electron chi connectivity index (χ2n) is 6.76. The minimum Gasteiger partial charge on any atom is -0.493 e. The van der Waals surface area contributed by atoms with Crippen molar-refractivity contribution in [3.63, 3.8) is 0 Å². The Labute approximate surface area is 199 Å². The first-order valence-electron chi connectivity index (χ1n) is 9.40. The molecule has 0 aliphatic rings. The minimum absolute atomic E-state index is 0.0980. The largest absolute Gasteiger partial charge is 0.493 e. The van der Waals surface area contributed by atoms with E-state index in [9.17, 15) is 4.79 Å². The summed E-state index contributed by atoms with van der Waals surface area (Å²) in [5, 5.41) is 7.09. The molecular formula is C23H21BrCl2N2O3. The Balaban J connectivity index is 1.67. The van der Waals surface area contributed by atoms with Crippen LogP contribution in [0.5, 0.6) is 11.5 Å². The van der Waals surface area contributed by atoms with Crippen molar-refractivity contribution in [3.05, 3.63) is 80.2 Å². The van der Waals surface area contributed by atoms with E-state index >= 15 is 0 Å². The van der Waals surface area contributed by atoms with Crippen LogP contribution in [0.3, 0.4) is 0 Å². The van der Waals surface area contributed by atoms with Gasteiger partial charge in [-0.3, -0.25) is 4.79 Å². The number of methoxy groups -OCH3 is 1. The van der Waals surface area contributed by atoms with Crippen molar-refractivity contribution >= 4 is 56.4 Å². The molecule has 0 aromatic heterocycles. The van der Waals surface area contributed by atoms with Gasteiger partial charge in [-0.05, 0) is 75.6 Å². The minimum atomic E-state index is -0.0980. The van der Waals surface area contributed by atoms with Gasteiger partial charge >= 0.3 is 0 Å². The zero-order valence-electron chi connectivity index (χ0n) is 17.0. The van der Waals surface area contributed by atoms with Crippen LogP contribution in [0.15, 0.2) is 59.1 Å². The average Bonchev–Trinajstić information content (AvgIpc) is 2.74. The summed E-state index contributed by atoms with van der Waals surface area (Å²) < 4.78 is 12.3. The van der Waals surface area contributed by atoms with Gasteiger partial charge in [0.2, 0.25) is 5.91 Å². The number of carbonyl (C=O) groups is 1. The molecule has 0 atom stereocenters. The van der Waals surface area contributed by atoms with Gasteiger partial charge in [-0.2, -0.15) is 0 Å². The number of anilines is 2. The molecule has 0 fully saturated rings. The van der Waals surface area contributed by atoms with Gasteiger partial charge in [-0.25, -0.2) is 0 Å². The second-order valence-corrected chi connectivity index (χ2v) is 8.43. The predicted octanol–water partition coefficient (Wildman–Crippen LogP) is 6.91. The first-order chi connectivity index (χ1) is 14.9. The van der Waals surface area contributed by atoms with Gasteiger partial charge in [0.15, 0.2) is 11.5 Å². The third-order valence-electron chi connectivity index (χ3n) is 4.36. The van der Waals surface area contributed by atoms with Crippen LogP contribution >= 0.6 is 39.1 Å². The van der Waals surface area contributed by atoms with Gasteiger partial charge in [0.05, 0.1) is 21.6 Å². The molecule has 0 unspecified atom stereocenters. The summed E-state index contributed by atoms with van der Waals surface area (Å²) in [7, 11) is 1.60. The zero-order valence-corrected chi connectivity index (χ0v) is 20.1. The molecule has 0 saturated heterocycles. The number of halogens is 3. The highest BCUT2D eigenvalue weighted by atomic mass is 79.9. The number of hydrogen-bond acceptors (Lipinski definition) is 4. The van der Waals surface area contributed by atoms with Crippen molar-refractivity contribution in [1.82, 2.24) is 0 Å². The van der Waals surface area contributed by atoms with Crippen molar-refractivity contribution in [2.24, 2.45) is 0 Å². The third kappa shape index (κ3) is 6.53. The van der Waals surface area contributed by atoms with Gasteiger partial charge in [0, 0.05) is 24.8 Å². The molecule has 0 spiro atoms. The number of nitrogens with one attached hydrogen (secondary N) is 2. The molecule has 3 aromatic rings. The molecule has 0 aliphatic carbocycles. The summed E-state index contributed by atoms with van der Waals surface area (Å²) in [5.41, 5.74) is 3.60. The Kier molecular flexibility index (Phi) is 8.07. The monoisotopic (exact) mass is 522 g/mol. The van der Waals surface area contributed by atoms with Crippen molar-refractivity contribution in [1.29, 1.82) is 0 Å². The van der Waals surface area contributed by atoms with Gasteiger partial charge in [0.25, 0.3) is 0 Å². The topological polar surface area (TPSA) is 59.6 Å². The number of hydrogen-bond donors (Lipinski definition) is 2. The van der Waals surface area contributed by atoms with E-state index in [1.807, 2.05) is 42.5 Å². The summed E-state index contributed by atoms with van der Waals surface area (Å²) in [4.78, 5) is 11.1. The third-order valence-corrected chi connectivity index (χ3v) is 5.69. The first-order valence-corrected chi connectivity index (χ1v) is 10.9. The van der Waals surface area contributed by atoms with Gasteiger partial charge in [0.1, 0.15) is 6.61 Å². The Morgan fingerprint density at radius 2 is 1.68 bits per heavy atom. The normalized spacial score (nSPS) is 10.5. The predicted molar refractivity (Wildman–Crippen MR) is 130 cm³/mol. The van der Waals surface area contributed by atoms with Crippen molar-refractivity contribution in [2.45, 2.75) is 20.1 Å². The molecule has 2 N–H and O–H groups in total. The molecule has 0 bridgehead atoms. The van der Waals surface area contributed by atoms with E-state index in [1.165, 1.54) is 6.92 Å². The lowest BCUT2D eigenvalue weighted by Crippen LogP contribution is -2.06. The molecular weight excluding hydrogens is 503 g/mol. The lowest BCUT2D eigenvalue weighted by Gasteiger charge is -2.15. The van der Waals surface area contributed by atoms with Crippen LogP contribution in [0, 0.1) is 0 Å². The van der Waals surface area contributed by atoms with E-state index in [2.05, 4.69) is 26.6 Å². The molecule has 5 nitrogen and oxygen atoms in total. The van der Waals surface area contributed by atoms with Crippen molar-refractivity contribution in [3.8, 4) is 11.5 Å². The quantitative estimate of drug-likeness (QED) is 0.336. The fourth-order valence-electron chi connectivity index (χ4n) is 2.88. The van der Waals surface area contributed by atoms with Gasteiger partial charge in [-0.15, -0.1) is 0 Å². The standard InChI is InChI=1S/C23H21BrCl2N2O3/c1-14(29)28-18-6-4-17(5-7-18)27-12-16-9-19(24)23(22(11-16)30-2)31-13-15-3-8-20(25)21(26)10-15/h3-11,27H,12-13H2,1-2H3,(H,28,29). The van der Waals surface area contributed by atoms with E-state index in [0.717, 1.165) is 27.0 Å². The average molecular weight is 524 g/mol. The summed E-state index contributed by atoms with van der Waals surface area (Å²) in [6.45, 7) is 2.39. The van der Waals surface area contributed by atoms with Crippen LogP contribution in [0.2, 0.25) is 10.0 Å². The van der Waals surface area contributed by atoms with Crippen molar-refractivity contribution in [2.75, 3.05) is 17.7 Å². The van der Waals surface area contributed by atoms with Crippen LogP contribution in [-0.4, -0.2) is 13.0 Å². The molecule has 3 rings (SSSR count). The highest BCUT2D eigenvalue weighted by molar-refractivity contribution is 9.10. The number of amides is 1. The molecule has 0 heterocycles. The summed E-state index contributed by atoms with van der Waals surface area (Å²) in [6, 6.07) is 16.8. The van der Waals surface area contributed by atoms with Crippen molar-refractivity contribution < 1.29 is 14.3 Å². The maximum atomic E-state index is 11.1. The molecule has 162 valence electrons. The summed E-state index contributed by atoms with van der Waals surface area (Å²) >= 11 is 15.6. The number of ether oxygens (including phenoxy) is 2. The Morgan fingerprint density at radius 1 is 0.968 bits per heavy atom. The molecule has 3 aromatic carbocycles. The SMILES string of the molecule is COc1cc(CNc2ccc(NC(C)=O)cc2)cc(Br)c1OCc1ccc(Cl)c(Cl)c1. The fraction of sp³-hybridized carbons (Fsp3) is 0.174. The van der Waals surface area contributed by atoms with E-state index in [4.69, 9.17) is 32.7 Å². The first kappa shape index (κ1) is 23.3. The Morgan fingerprint density at radius 3 is 2.32 bits per heavy atom.